The normalized spacial score (nSPS) is 14.4. The van der Waals surface area contributed by atoms with Gasteiger partial charge in [0, 0.05) is 6.42 Å². The van der Waals surface area contributed by atoms with Gasteiger partial charge in [-0.05, 0) is 6.42 Å². The number of quaternary nitrogens is 1. The van der Waals surface area contributed by atoms with E-state index < -0.39 is 32.3 Å². The third-order valence-corrected chi connectivity index (χ3v) is 7.05. The second-order valence-corrected chi connectivity index (χ2v) is 12.2. The average molecular weight is 538 g/mol. The van der Waals surface area contributed by atoms with Gasteiger partial charge < -0.3 is 19.8 Å². The van der Waals surface area contributed by atoms with E-state index in [0.717, 1.165) is 19.3 Å². The first-order chi connectivity index (χ1) is 17.0. The third-order valence-electron chi connectivity index (χ3n) is 6.06. The van der Waals surface area contributed by atoms with Gasteiger partial charge in [-0.2, -0.15) is 0 Å². The number of amides is 1. The molecular weight excluding hydrogens is 483 g/mol. The molecule has 0 rings (SSSR count). The van der Waals surface area contributed by atoms with Gasteiger partial charge in [0.15, 0.2) is 6.04 Å². The van der Waals surface area contributed by atoms with E-state index in [1.807, 2.05) is 21.1 Å². The summed E-state index contributed by atoms with van der Waals surface area (Å²) in [5.41, 5.74) is 0. The Morgan fingerprint density at radius 2 is 1.25 bits per heavy atom. The van der Waals surface area contributed by atoms with E-state index in [1.165, 1.54) is 70.6 Å². The number of likely N-dealkylation sites (N-methyl/N-ethyl adjacent to an activating group) is 1. The fourth-order valence-electron chi connectivity index (χ4n) is 3.73. The van der Waals surface area contributed by atoms with E-state index in [4.69, 9.17) is 9.05 Å². The predicted molar refractivity (Wildman–Crippen MR) is 144 cm³/mol. The van der Waals surface area contributed by atoms with Crippen molar-refractivity contribution in [2.45, 2.75) is 116 Å². The van der Waals surface area contributed by atoms with Crippen LogP contribution in [0.4, 0.5) is 0 Å². The van der Waals surface area contributed by atoms with Gasteiger partial charge in [-0.1, -0.05) is 96.8 Å². The van der Waals surface area contributed by atoms with Gasteiger partial charge in [0.1, 0.15) is 13.2 Å². The first kappa shape index (κ1) is 35.0. The van der Waals surface area contributed by atoms with Crippen molar-refractivity contribution in [3.05, 3.63) is 0 Å². The van der Waals surface area contributed by atoms with Crippen LogP contribution in [-0.2, 0) is 23.2 Å². The molecule has 214 valence electrons. The topological polar surface area (TPSA) is 122 Å². The number of carboxylic acid groups (broad SMARTS) is 1. The molecule has 0 aromatic heterocycles. The van der Waals surface area contributed by atoms with Crippen LogP contribution in [0.2, 0.25) is 0 Å². The summed E-state index contributed by atoms with van der Waals surface area (Å²) in [6, 6.07) is -1.41. The zero-order valence-corrected chi connectivity index (χ0v) is 24.2. The van der Waals surface area contributed by atoms with Crippen molar-refractivity contribution in [3.63, 3.8) is 0 Å². The molecule has 0 aliphatic rings. The lowest BCUT2D eigenvalue weighted by atomic mass is 10.0. The highest BCUT2D eigenvalue weighted by Gasteiger charge is 2.28. The maximum Gasteiger partial charge on any atom is 0.472 e. The van der Waals surface area contributed by atoms with Crippen LogP contribution in [0.15, 0.2) is 0 Å². The van der Waals surface area contributed by atoms with Gasteiger partial charge >= 0.3 is 13.8 Å². The summed E-state index contributed by atoms with van der Waals surface area (Å²) < 4.78 is 22.1. The number of nitrogens with zero attached hydrogens (tertiary/aromatic N) is 1. The number of carbonyl (C=O) groups excluding carboxylic acids is 1. The molecule has 0 saturated heterocycles. The largest absolute Gasteiger partial charge is 0.480 e. The molecule has 0 heterocycles. The number of nitrogens with one attached hydrogen (secondary N) is 1. The minimum Gasteiger partial charge on any atom is -0.480 e. The zero-order chi connectivity index (χ0) is 27.3. The summed E-state index contributed by atoms with van der Waals surface area (Å²) in [6.45, 7) is 2.07. The van der Waals surface area contributed by atoms with E-state index in [9.17, 15) is 24.2 Å². The van der Waals surface area contributed by atoms with Gasteiger partial charge in [0.2, 0.25) is 5.91 Å². The minimum atomic E-state index is -4.39. The maximum atomic E-state index is 12.1. The molecule has 0 aliphatic carbocycles. The number of rotatable bonds is 25. The monoisotopic (exact) mass is 537 g/mol. The quantitative estimate of drug-likeness (QED) is 0.0780. The van der Waals surface area contributed by atoms with Crippen LogP contribution in [0, 0.1) is 0 Å². The van der Waals surface area contributed by atoms with Crippen LogP contribution >= 0.6 is 7.82 Å². The van der Waals surface area contributed by atoms with Crippen molar-refractivity contribution >= 4 is 19.7 Å². The summed E-state index contributed by atoms with van der Waals surface area (Å²) in [4.78, 5) is 33.2. The third kappa shape index (κ3) is 23.4. The van der Waals surface area contributed by atoms with Gasteiger partial charge in [0.25, 0.3) is 0 Å². The standard InChI is InChI=1S/C26H53N2O7P/c1-5-6-7-8-9-10-11-12-13-14-15-16-17-18-19-20-25(29)27-24(26(30)31)23-35-36(32,33)34-22-21-28(2,3)4/h24H,5-23H2,1-4H3,(H2-,27,29,30,31,32,33)/p+1/t24-/m0/s1. The highest BCUT2D eigenvalue weighted by Crippen LogP contribution is 2.43. The minimum absolute atomic E-state index is 0.0133. The lowest BCUT2D eigenvalue weighted by Gasteiger charge is -2.24. The fraction of sp³-hybridized carbons (Fsp3) is 0.923. The molecule has 10 heteroatoms. The first-order valence-electron chi connectivity index (χ1n) is 13.9. The Morgan fingerprint density at radius 1 is 0.806 bits per heavy atom. The number of phosphoric acid groups is 1. The average Bonchev–Trinajstić information content (AvgIpc) is 2.78. The van der Waals surface area contributed by atoms with Gasteiger partial charge in [0.05, 0.1) is 27.7 Å². The molecule has 0 saturated carbocycles. The molecule has 1 amide bonds. The van der Waals surface area contributed by atoms with Crippen LogP contribution < -0.4 is 5.32 Å². The number of hydrogen-bond donors (Lipinski definition) is 3. The summed E-state index contributed by atoms with van der Waals surface area (Å²) in [7, 11) is 1.32. The first-order valence-corrected chi connectivity index (χ1v) is 15.4. The Morgan fingerprint density at radius 3 is 1.67 bits per heavy atom. The van der Waals surface area contributed by atoms with Crippen LogP contribution in [0.5, 0.6) is 0 Å². The van der Waals surface area contributed by atoms with Crippen LogP contribution in [0.25, 0.3) is 0 Å². The molecule has 36 heavy (non-hydrogen) atoms. The van der Waals surface area contributed by atoms with Crippen molar-refractivity contribution in [1.29, 1.82) is 0 Å². The van der Waals surface area contributed by atoms with Gasteiger partial charge in [-0.15, -0.1) is 0 Å². The van der Waals surface area contributed by atoms with E-state index in [1.54, 1.807) is 0 Å². The number of phosphoric ester groups is 1. The smallest absolute Gasteiger partial charge is 0.472 e. The van der Waals surface area contributed by atoms with E-state index in [0.29, 0.717) is 17.4 Å². The number of hydrogen-bond acceptors (Lipinski definition) is 5. The van der Waals surface area contributed by atoms with Crippen molar-refractivity contribution in [3.8, 4) is 0 Å². The van der Waals surface area contributed by atoms with E-state index in [2.05, 4.69) is 12.2 Å². The zero-order valence-electron chi connectivity index (χ0n) is 23.3. The second kappa shape index (κ2) is 21.0. The molecular formula is C26H54N2O7P+. The highest BCUT2D eigenvalue weighted by molar-refractivity contribution is 7.47. The predicted octanol–water partition coefficient (Wildman–Crippen LogP) is 5.66. The Kier molecular flexibility index (Phi) is 20.4. The lowest BCUT2D eigenvalue weighted by molar-refractivity contribution is -0.870. The van der Waals surface area contributed by atoms with Crippen molar-refractivity contribution in [1.82, 2.24) is 5.32 Å². The number of carbonyl (C=O) groups is 2. The van der Waals surface area contributed by atoms with Crippen molar-refractivity contribution < 1.29 is 37.7 Å². The summed E-state index contributed by atoms with van der Waals surface area (Å²) in [6.07, 6.45) is 18.7. The Labute approximate surface area is 219 Å². The number of unbranched alkanes of at least 4 members (excludes halogenated alkanes) is 14. The molecule has 0 aliphatic heterocycles. The molecule has 9 nitrogen and oxygen atoms in total. The molecule has 1 unspecified atom stereocenters. The van der Waals surface area contributed by atoms with Crippen molar-refractivity contribution in [2.75, 3.05) is 40.9 Å². The molecule has 0 bridgehead atoms. The fourth-order valence-corrected chi connectivity index (χ4v) is 4.46. The Balaban J connectivity index is 3.82. The van der Waals surface area contributed by atoms with Crippen LogP contribution in [0.1, 0.15) is 110 Å². The number of aliphatic carboxylic acids is 1. The van der Waals surface area contributed by atoms with Gasteiger partial charge in [-0.25, -0.2) is 9.36 Å². The summed E-state index contributed by atoms with van der Waals surface area (Å²) in [5.74, 6) is -1.73. The Hall–Kier alpha value is -0.990. The van der Waals surface area contributed by atoms with E-state index >= 15 is 0 Å². The summed E-state index contributed by atoms with van der Waals surface area (Å²) >= 11 is 0. The molecule has 0 aromatic rings. The Bertz CT molecular complexity index is 626. The molecule has 2 atom stereocenters. The van der Waals surface area contributed by atoms with Crippen molar-refractivity contribution in [2.24, 2.45) is 0 Å². The SMILES string of the molecule is CCCCCCCCCCCCCCCCCC(=O)N[C@@H](COP(=O)(O)OCC[N+](C)(C)C)C(=O)O. The van der Waals surface area contributed by atoms with Crippen LogP contribution in [0.3, 0.4) is 0 Å². The molecule has 0 fully saturated rings. The highest BCUT2D eigenvalue weighted by atomic mass is 31.2. The lowest BCUT2D eigenvalue weighted by Crippen LogP contribution is -2.43. The summed E-state index contributed by atoms with van der Waals surface area (Å²) in [5, 5.41) is 11.7. The van der Waals surface area contributed by atoms with E-state index in [-0.39, 0.29) is 13.0 Å². The molecule has 0 spiro atoms. The molecule has 0 radical (unpaired) electrons. The number of carboxylic acids is 1. The van der Waals surface area contributed by atoms with Crippen LogP contribution in [-0.4, -0.2) is 73.3 Å². The second-order valence-electron chi connectivity index (χ2n) is 10.8. The maximum absolute atomic E-state index is 12.1. The van der Waals surface area contributed by atoms with Gasteiger partial charge in [-0.3, -0.25) is 13.8 Å². The molecule has 3 N–H and O–H groups in total. The molecule has 0 aromatic carbocycles.